The van der Waals surface area contributed by atoms with E-state index < -0.39 is 6.29 Å². The molecule has 0 aromatic heterocycles. The molecule has 0 spiro atoms. The Bertz CT molecular complexity index is 233. The average Bonchev–Trinajstić information content (AvgIpc) is 2.77. The maximum atomic E-state index is 9.51. The molecule has 0 aromatic carbocycles. The Kier molecular flexibility index (Phi) is 2.94. The number of nitrogens with zero attached hydrogens (tertiary/aromatic N) is 1. The van der Waals surface area contributed by atoms with Gasteiger partial charge in [0.15, 0.2) is 6.29 Å². The van der Waals surface area contributed by atoms with Gasteiger partial charge >= 0.3 is 0 Å². The van der Waals surface area contributed by atoms with Gasteiger partial charge in [-0.1, -0.05) is 0 Å². The van der Waals surface area contributed by atoms with Crippen molar-refractivity contribution < 1.29 is 9.84 Å². The molecule has 3 fully saturated rings. The summed E-state index contributed by atoms with van der Waals surface area (Å²) in [4.78, 5) is 2.63. The summed E-state index contributed by atoms with van der Waals surface area (Å²) in [7, 11) is 0. The first-order valence-electron chi connectivity index (χ1n) is 6.00. The molecule has 2 saturated heterocycles. The smallest absolute Gasteiger partial charge is 0.155 e. The Labute approximate surface area is 95.2 Å². The van der Waals surface area contributed by atoms with Crippen molar-refractivity contribution in [2.75, 3.05) is 24.6 Å². The van der Waals surface area contributed by atoms with Crippen molar-refractivity contribution in [3.8, 4) is 0 Å². The highest BCUT2D eigenvalue weighted by molar-refractivity contribution is 7.99. The summed E-state index contributed by atoms with van der Waals surface area (Å²) in [6.07, 6.45) is 3.14. The molecule has 0 radical (unpaired) electrons. The molecule has 3 aliphatic rings. The van der Waals surface area contributed by atoms with Gasteiger partial charge in [0.05, 0.1) is 6.10 Å². The first-order chi connectivity index (χ1) is 7.34. The van der Waals surface area contributed by atoms with Crippen LogP contribution in [0.2, 0.25) is 0 Å². The lowest BCUT2D eigenvalue weighted by Crippen LogP contribution is -2.43. The van der Waals surface area contributed by atoms with Crippen molar-refractivity contribution in [3.05, 3.63) is 0 Å². The zero-order chi connectivity index (χ0) is 10.3. The summed E-state index contributed by atoms with van der Waals surface area (Å²) in [5.74, 6) is 3.15. The second-order valence-electron chi connectivity index (χ2n) is 4.82. The van der Waals surface area contributed by atoms with Crippen LogP contribution in [0.3, 0.4) is 0 Å². The van der Waals surface area contributed by atoms with Gasteiger partial charge in [0.1, 0.15) is 0 Å². The Morgan fingerprint density at radius 1 is 1.20 bits per heavy atom. The van der Waals surface area contributed by atoms with E-state index in [2.05, 4.69) is 16.7 Å². The second-order valence-corrected chi connectivity index (χ2v) is 6.05. The maximum absolute atomic E-state index is 9.51. The quantitative estimate of drug-likeness (QED) is 0.725. The molecule has 0 bridgehead atoms. The lowest BCUT2D eigenvalue weighted by molar-refractivity contribution is -0.0906. The van der Waals surface area contributed by atoms with Crippen LogP contribution >= 0.6 is 11.8 Å². The fraction of sp³-hybridized carbons (Fsp3) is 1.00. The number of ether oxygens (including phenoxy) is 1. The predicted molar refractivity (Wildman–Crippen MR) is 60.9 cm³/mol. The first kappa shape index (κ1) is 10.4. The predicted octanol–water partition coefficient (Wildman–Crippen LogP) is 0.921. The van der Waals surface area contributed by atoms with E-state index in [-0.39, 0.29) is 0 Å². The van der Waals surface area contributed by atoms with Gasteiger partial charge in [0.2, 0.25) is 0 Å². The molecule has 0 aromatic rings. The van der Waals surface area contributed by atoms with Crippen LogP contribution in [-0.4, -0.2) is 53.0 Å². The summed E-state index contributed by atoms with van der Waals surface area (Å²) < 4.78 is 5.53. The van der Waals surface area contributed by atoms with Gasteiger partial charge in [-0.15, -0.1) is 0 Å². The molecule has 2 aliphatic heterocycles. The standard InChI is InChI=1S/C11H19NO2S/c13-11-7-8-9(1-2-10(8)14-11)12-3-5-15-6-4-12/h8-11,13H,1-7H2. The topological polar surface area (TPSA) is 32.7 Å². The van der Waals surface area contributed by atoms with Gasteiger partial charge in [0.25, 0.3) is 0 Å². The van der Waals surface area contributed by atoms with Crippen molar-refractivity contribution in [3.63, 3.8) is 0 Å². The van der Waals surface area contributed by atoms with Crippen LogP contribution in [0, 0.1) is 5.92 Å². The zero-order valence-electron chi connectivity index (χ0n) is 8.97. The highest BCUT2D eigenvalue weighted by Gasteiger charge is 2.46. The van der Waals surface area contributed by atoms with Gasteiger partial charge in [0, 0.05) is 43.0 Å². The number of aliphatic hydroxyl groups excluding tert-OH is 1. The number of aliphatic hydroxyl groups is 1. The van der Waals surface area contributed by atoms with Crippen molar-refractivity contribution in [2.24, 2.45) is 5.92 Å². The normalized spacial score (nSPS) is 47.0. The van der Waals surface area contributed by atoms with Gasteiger partial charge in [-0.25, -0.2) is 0 Å². The van der Waals surface area contributed by atoms with Crippen LogP contribution in [-0.2, 0) is 4.74 Å². The molecule has 4 atom stereocenters. The maximum Gasteiger partial charge on any atom is 0.155 e. The molecule has 1 aliphatic carbocycles. The van der Waals surface area contributed by atoms with Crippen LogP contribution in [0.4, 0.5) is 0 Å². The average molecular weight is 229 g/mol. The Morgan fingerprint density at radius 3 is 2.80 bits per heavy atom. The van der Waals surface area contributed by atoms with Crippen molar-refractivity contribution in [2.45, 2.75) is 37.7 Å². The molecule has 2 heterocycles. The SMILES string of the molecule is OC1CC2C(CCC2N2CCSCC2)O1. The molecule has 86 valence electrons. The van der Waals surface area contributed by atoms with E-state index >= 15 is 0 Å². The molecular weight excluding hydrogens is 210 g/mol. The second kappa shape index (κ2) is 4.24. The third kappa shape index (κ3) is 1.93. The molecule has 3 nitrogen and oxygen atoms in total. The summed E-state index contributed by atoms with van der Waals surface area (Å²) >= 11 is 2.06. The van der Waals surface area contributed by atoms with Gasteiger partial charge in [-0.2, -0.15) is 11.8 Å². The molecular formula is C11H19NO2S. The van der Waals surface area contributed by atoms with Crippen LogP contribution in [0.5, 0.6) is 0 Å². The fourth-order valence-electron chi connectivity index (χ4n) is 3.34. The van der Waals surface area contributed by atoms with Gasteiger partial charge < -0.3 is 9.84 Å². The summed E-state index contributed by atoms with van der Waals surface area (Å²) in [5.41, 5.74) is 0. The number of hydrogen-bond acceptors (Lipinski definition) is 4. The Hall–Kier alpha value is 0.230. The van der Waals surface area contributed by atoms with Gasteiger partial charge in [-0.05, 0) is 12.8 Å². The number of fused-ring (bicyclic) bond motifs is 1. The van der Waals surface area contributed by atoms with E-state index in [1.54, 1.807) is 0 Å². The zero-order valence-corrected chi connectivity index (χ0v) is 9.79. The van der Waals surface area contributed by atoms with Crippen molar-refractivity contribution in [1.29, 1.82) is 0 Å². The number of hydrogen-bond donors (Lipinski definition) is 1. The minimum atomic E-state index is -0.484. The highest BCUT2D eigenvalue weighted by atomic mass is 32.2. The monoisotopic (exact) mass is 229 g/mol. The highest BCUT2D eigenvalue weighted by Crippen LogP contribution is 2.41. The van der Waals surface area contributed by atoms with E-state index in [0.717, 1.165) is 12.8 Å². The van der Waals surface area contributed by atoms with Crippen LogP contribution < -0.4 is 0 Å². The molecule has 1 N–H and O–H groups in total. The number of thioether (sulfide) groups is 1. The van der Waals surface area contributed by atoms with E-state index in [4.69, 9.17) is 4.74 Å². The molecule has 3 rings (SSSR count). The molecule has 4 heteroatoms. The van der Waals surface area contributed by atoms with Crippen molar-refractivity contribution in [1.82, 2.24) is 4.90 Å². The molecule has 4 unspecified atom stereocenters. The summed E-state index contributed by atoms with van der Waals surface area (Å²) in [6.45, 7) is 2.46. The van der Waals surface area contributed by atoms with E-state index in [1.807, 2.05) is 0 Å². The third-order valence-corrected chi connectivity index (χ3v) is 4.98. The lowest BCUT2D eigenvalue weighted by Gasteiger charge is -2.34. The Morgan fingerprint density at radius 2 is 2.00 bits per heavy atom. The molecule has 15 heavy (non-hydrogen) atoms. The minimum Gasteiger partial charge on any atom is -0.368 e. The molecule has 0 amide bonds. The van der Waals surface area contributed by atoms with Crippen LogP contribution in [0.25, 0.3) is 0 Å². The summed E-state index contributed by atoms with van der Waals surface area (Å²) in [6, 6.07) is 0.688. The van der Waals surface area contributed by atoms with Crippen LogP contribution in [0.15, 0.2) is 0 Å². The Balaban J connectivity index is 1.66. The minimum absolute atomic E-state index is 0.347. The van der Waals surface area contributed by atoms with Crippen molar-refractivity contribution >= 4 is 11.8 Å². The lowest BCUT2D eigenvalue weighted by atomic mass is 9.98. The largest absolute Gasteiger partial charge is 0.368 e. The molecule has 1 saturated carbocycles. The van der Waals surface area contributed by atoms with Gasteiger partial charge in [-0.3, -0.25) is 4.90 Å². The van der Waals surface area contributed by atoms with E-state index in [1.165, 1.54) is 31.0 Å². The summed E-state index contributed by atoms with van der Waals surface area (Å²) in [5, 5.41) is 9.51. The van der Waals surface area contributed by atoms with E-state index in [9.17, 15) is 5.11 Å². The third-order valence-electron chi connectivity index (χ3n) is 4.04. The number of rotatable bonds is 1. The first-order valence-corrected chi connectivity index (χ1v) is 7.15. The van der Waals surface area contributed by atoms with Crippen LogP contribution in [0.1, 0.15) is 19.3 Å². The van der Waals surface area contributed by atoms with E-state index in [0.29, 0.717) is 18.1 Å². The fourth-order valence-corrected chi connectivity index (χ4v) is 4.27.